The van der Waals surface area contributed by atoms with E-state index in [-0.39, 0.29) is 5.91 Å². The number of nitrogen functional groups attached to an aromatic ring is 1. The number of likely N-dealkylation sites (tertiary alicyclic amines) is 1. The molecular weight excluding hydrogens is 248 g/mol. The van der Waals surface area contributed by atoms with Crippen molar-refractivity contribution in [3.05, 3.63) is 29.8 Å². The van der Waals surface area contributed by atoms with Crippen LogP contribution in [0.3, 0.4) is 0 Å². The van der Waals surface area contributed by atoms with Crippen LogP contribution in [0.5, 0.6) is 0 Å². The highest BCUT2D eigenvalue weighted by Gasteiger charge is 2.42. The second kappa shape index (κ2) is 5.47. The molecule has 20 heavy (non-hydrogen) atoms. The molecule has 1 saturated heterocycles. The van der Waals surface area contributed by atoms with Gasteiger partial charge >= 0.3 is 0 Å². The van der Waals surface area contributed by atoms with Crippen LogP contribution in [0, 0.1) is 5.92 Å². The first-order valence-electron chi connectivity index (χ1n) is 7.80. The first kappa shape index (κ1) is 13.5. The van der Waals surface area contributed by atoms with Crippen molar-refractivity contribution in [3.8, 4) is 0 Å². The minimum absolute atomic E-state index is 0.289. The summed E-state index contributed by atoms with van der Waals surface area (Å²) in [6.45, 7) is 2.21. The van der Waals surface area contributed by atoms with Gasteiger partial charge in [-0.2, -0.15) is 0 Å². The molecule has 2 N–H and O–H groups in total. The van der Waals surface area contributed by atoms with Crippen molar-refractivity contribution in [1.29, 1.82) is 0 Å². The molecule has 1 saturated carbocycles. The van der Waals surface area contributed by atoms with Gasteiger partial charge in [-0.05, 0) is 49.8 Å². The van der Waals surface area contributed by atoms with Crippen molar-refractivity contribution >= 4 is 11.6 Å². The number of fused-ring (bicyclic) bond motifs is 1. The van der Waals surface area contributed by atoms with Crippen LogP contribution < -0.4 is 5.73 Å². The average molecular weight is 272 g/mol. The Kier molecular flexibility index (Phi) is 3.68. The van der Waals surface area contributed by atoms with Crippen LogP contribution in [0.4, 0.5) is 5.69 Å². The van der Waals surface area contributed by atoms with Crippen LogP contribution >= 0.6 is 0 Å². The number of hydrogen-bond donors (Lipinski definition) is 1. The predicted octanol–water partition coefficient (Wildman–Crippen LogP) is 2.99. The lowest BCUT2D eigenvalue weighted by Gasteiger charge is -2.33. The summed E-state index contributed by atoms with van der Waals surface area (Å²) in [6.07, 6.45) is 6.82. The van der Waals surface area contributed by atoms with Crippen LogP contribution in [0.1, 0.15) is 44.6 Å². The number of anilines is 1. The van der Waals surface area contributed by atoms with Gasteiger partial charge in [0.05, 0.1) is 6.42 Å². The van der Waals surface area contributed by atoms with Crippen molar-refractivity contribution in [2.75, 3.05) is 5.73 Å². The molecule has 3 nitrogen and oxygen atoms in total. The molecule has 1 aromatic carbocycles. The summed E-state index contributed by atoms with van der Waals surface area (Å²) in [5.74, 6) is 1.03. The molecule has 1 amide bonds. The van der Waals surface area contributed by atoms with Gasteiger partial charge in [-0.3, -0.25) is 4.79 Å². The van der Waals surface area contributed by atoms with Crippen LogP contribution in [0.25, 0.3) is 0 Å². The quantitative estimate of drug-likeness (QED) is 0.841. The molecule has 108 valence electrons. The number of carbonyl (C=O) groups is 1. The number of amides is 1. The van der Waals surface area contributed by atoms with Crippen molar-refractivity contribution in [3.63, 3.8) is 0 Å². The lowest BCUT2D eigenvalue weighted by Crippen LogP contribution is -2.43. The SMILES string of the molecule is CC1CC2CCCCC2N1C(=O)Cc1ccc(N)cc1. The highest BCUT2D eigenvalue weighted by Crippen LogP contribution is 2.39. The maximum atomic E-state index is 12.7. The second-order valence-electron chi connectivity index (χ2n) is 6.42. The molecular formula is C17H24N2O. The first-order chi connectivity index (χ1) is 9.65. The van der Waals surface area contributed by atoms with E-state index >= 15 is 0 Å². The van der Waals surface area contributed by atoms with Gasteiger partial charge in [0.2, 0.25) is 5.91 Å². The summed E-state index contributed by atoms with van der Waals surface area (Å²) in [7, 11) is 0. The maximum absolute atomic E-state index is 12.7. The van der Waals surface area contributed by atoms with E-state index in [1.165, 1.54) is 32.1 Å². The van der Waals surface area contributed by atoms with Gasteiger partial charge in [0.15, 0.2) is 0 Å². The van der Waals surface area contributed by atoms with Crippen LogP contribution in [0.15, 0.2) is 24.3 Å². The van der Waals surface area contributed by atoms with Gasteiger partial charge in [0.1, 0.15) is 0 Å². The van der Waals surface area contributed by atoms with Gasteiger partial charge in [0.25, 0.3) is 0 Å². The summed E-state index contributed by atoms with van der Waals surface area (Å²) in [6, 6.07) is 8.58. The standard InChI is InChI=1S/C17H24N2O/c1-12-10-14-4-2-3-5-16(14)19(12)17(20)11-13-6-8-15(18)9-7-13/h6-9,12,14,16H,2-5,10-11,18H2,1H3. The minimum Gasteiger partial charge on any atom is -0.399 e. The maximum Gasteiger partial charge on any atom is 0.227 e. The third kappa shape index (κ3) is 2.54. The molecule has 3 heteroatoms. The van der Waals surface area contributed by atoms with Gasteiger partial charge in [0, 0.05) is 17.8 Å². The fourth-order valence-corrected chi connectivity index (χ4v) is 4.04. The molecule has 0 radical (unpaired) electrons. The molecule has 1 aliphatic carbocycles. The molecule has 3 rings (SSSR count). The summed E-state index contributed by atoms with van der Waals surface area (Å²) in [5.41, 5.74) is 7.51. The smallest absolute Gasteiger partial charge is 0.227 e. The van der Waals surface area contributed by atoms with Crippen LogP contribution in [0.2, 0.25) is 0 Å². The summed E-state index contributed by atoms with van der Waals surface area (Å²) in [4.78, 5) is 14.8. The van der Waals surface area contributed by atoms with Crippen LogP contribution in [-0.2, 0) is 11.2 Å². The molecule has 0 bridgehead atoms. The molecule has 3 atom stereocenters. The highest BCUT2D eigenvalue weighted by atomic mass is 16.2. The van der Waals surface area contributed by atoms with E-state index in [2.05, 4.69) is 11.8 Å². The lowest BCUT2D eigenvalue weighted by atomic mass is 9.85. The Bertz CT molecular complexity index is 482. The predicted molar refractivity (Wildman–Crippen MR) is 81.2 cm³/mol. The Morgan fingerprint density at radius 2 is 1.95 bits per heavy atom. The summed E-state index contributed by atoms with van der Waals surface area (Å²) >= 11 is 0. The Labute approximate surface area is 121 Å². The zero-order valence-corrected chi connectivity index (χ0v) is 12.2. The molecule has 3 unspecified atom stereocenters. The van der Waals surface area contributed by atoms with Gasteiger partial charge in [-0.15, -0.1) is 0 Å². The van der Waals surface area contributed by atoms with Crippen LogP contribution in [-0.4, -0.2) is 22.9 Å². The van der Waals surface area contributed by atoms with E-state index in [9.17, 15) is 4.79 Å². The van der Waals surface area contributed by atoms with Crippen molar-refractivity contribution in [1.82, 2.24) is 4.90 Å². The highest BCUT2D eigenvalue weighted by molar-refractivity contribution is 5.80. The molecule has 2 fully saturated rings. The summed E-state index contributed by atoms with van der Waals surface area (Å²) in [5, 5.41) is 0. The molecule has 1 aliphatic heterocycles. The fraction of sp³-hybridized carbons (Fsp3) is 0.588. The zero-order valence-electron chi connectivity index (χ0n) is 12.2. The van der Waals surface area contributed by atoms with E-state index in [1.54, 1.807) is 0 Å². The monoisotopic (exact) mass is 272 g/mol. The number of nitrogens with two attached hydrogens (primary N) is 1. The van der Waals surface area contributed by atoms with Crippen molar-refractivity contribution < 1.29 is 4.79 Å². The molecule has 1 heterocycles. The largest absolute Gasteiger partial charge is 0.399 e. The number of hydrogen-bond acceptors (Lipinski definition) is 2. The Balaban J connectivity index is 1.71. The van der Waals surface area contributed by atoms with Crippen molar-refractivity contribution in [2.24, 2.45) is 5.92 Å². The number of benzene rings is 1. The number of carbonyl (C=O) groups excluding carboxylic acids is 1. The van der Waals surface area contributed by atoms with E-state index in [4.69, 9.17) is 5.73 Å². The van der Waals surface area contributed by atoms with E-state index < -0.39 is 0 Å². The average Bonchev–Trinajstić information content (AvgIpc) is 2.77. The third-order valence-electron chi connectivity index (χ3n) is 4.97. The van der Waals surface area contributed by atoms with E-state index in [0.29, 0.717) is 18.5 Å². The van der Waals surface area contributed by atoms with Gasteiger partial charge < -0.3 is 10.6 Å². The minimum atomic E-state index is 0.289. The van der Waals surface area contributed by atoms with Gasteiger partial charge in [-0.25, -0.2) is 0 Å². The molecule has 0 spiro atoms. The van der Waals surface area contributed by atoms with Crippen molar-refractivity contribution in [2.45, 2.75) is 57.5 Å². The fourth-order valence-electron chi connectivity index (χ4n) is 4.04. The zero-order chi connectivity index (χ0) is 14.1. The molecule has 0 aromatic heterocycles. The van der Waals surface area contributed by atoms with Gasteiger partial charge in [-0.1, -0.05) is 25.0 Å². The third-order valence-corrected chi connectivity index (χ3v) is 4.97. The molecule has 2 aliphatic rings. The number of rotatable bonds is 2. The number of nitrogens with zero attached hydrogens (tertiary/aromatic N) is 1. The first-order valence-corrected chi connectivity index (χ1v) is 7.80. The Hall–Kier alpha value is -1.51. The Morgan fingerprint density at radius 3 is 2.70 bits per heavy atom. The normalized spacial score (nSPS) is 29.2. The summed E-state index contributed by atoms with van der Waals surface area (Å²) < 4.78 is 0. The topological polar surface area (TPSA) is 46.3 Å². The second-order valence-corrected chi connectivity index (χ2v) is 6.42. The van der Waals surface area contributed by atoms with E-state index in [1.807, 2.05) is 24.3 Å². The lowest BCUT2D eigenvalue weighted by molar-refractivity contribution is -0.133. The molecule has 1 aromatic rings. The Morgan fingerprint density at radius 1 is 1.25 bits per heavy atom. The van der Waals surface area contributed by atoms with E-state index in [0.717, 1.165) is 17.2 Å².